The molecule has 0 saturated carbocycles. The van der Waals surface area contributed by atoms with Crippen LogP contribution in [0.5, 0.6) is 5.75 Å². The average Bonchev–Trinajstić information content (AvgIpc) is 3.01. The van der Waals surface area contributed by atoms with Gasteiger partial charge >= 0.3 is 0 Å². The normalized spacial score (nSPS) is 11.0. The predicted molar refractivity (Wildman–Crippen MR) is 113 cm³/mol. The van der Waals surface area contributed by atoms with Crippen molar-refractivity contribution in [2.24, 2.45) is 0 Å². The molecule has 1 heterocycles. The van der Waals surface area contributed by atoms with E-state index in [2.05, 4.69) is 16.0 Å². The van der Waals surface area contributed by atoms with E-state index in [0.717, 1.165) is 51.6 Å². The van der Waals surface area contributed by atoms with Crippen LogP contribution in [-0.2, 0) is 17.8 Å². The van der Waals surface area contributed by atoms with Crippen LogP contribution in [0.4, 0.5) is 0 Å². The van der Waals surface area contributed by atoms with Gasteiger partial charge in [-0.15, -0.1) is 0 Å². The van der Waals surface area contributed by atoms with Gasteiger partial charge in [-0.05, 0) is 55.7 Å². The Morgan fingerprint density at radius 3 is 2.64 bits per heavy atom. The number of nitrogens with zero attached hydrogens (tertiary/aromatic N) is 2. The summed E-state index contributed by atoms with van der Waals surface area (Å²) in [7, 11) is 0. The molecule has 148 valence electrons. The van der Waals surface area contributed by atoms with Gasteiger partial charge in [0, 0.05) is 24.9 Å². The number of halogens is 1. The highest BCUT2D eigenvalue weighted by Crippen LogP contribution is 2.26. The second-order valence-electron chi connectivity index (χ2n) is 6.97. The second-order valence-corrected chi connectivity index (χ2v) is 7.35. The fraction of sp³-hybridized carbons (Fsp3) is 0.364. The van der Waals surface area contributed by atoms with Gasteiger partial charge in [-0.25, -0.2) is 4.98 Å². The molecule has 0 aliphatic carbocycles. The van der Waals surface area contributed by atoms with E-state index in [1.807, 2.05) is 44.2 Å². The van der Waals surface area contributed by atoms with E-state index in [0.29, 0.717) is 19.7 Å². The monoisotopic (exact) mass is 399 g/mol. The lowest BCUT2D eigenvalue weighted by Gasteiger charge is -2.13. The van der Waals surface area contributed by atoms with Crippen molar-refractivity contribution >= 4 is 28.5 Å². The first-order valence-electron chi connectivity index (χ1n) is 9.54. The van der Waals surface area contributed by atoms with Crippen LogP contribution in [0.15, 0.2) is 36.4 Å². The molecular formula is C22H26ClN3O2. The smallest absolute Gasteiger partial charge is 0.216 e. The van der Waals surface area contributed by atoms with Crippen molar-refractivity contribution in [2.45, 2.75) is 40.2 Å². The third-order valence-electron chi connectivity index (χ3n) is 4.68. The van der Waals surface area contributed by atoms with Crippen molar-refractivity contribution in [1.82, 2.24) is 14.9 Å². The number of amides is 1. The number of nitrogens with one attached hydrogen (secondary N) is 1. The molecular weight excluding hydrogens is 374 g/mol. The minimum Gasteiger partial charge on any atom is -0.492 e. The summed E-state index contributed by atoms with van der Waals surface area (Å²) in [5, 5.41) is 3.62. The Morgan fingerprint density at radius 2 is 1.93 bits per heavy atom. The minimum atomic E-state index is -0.00421. The van der Waals surface area contributed by atoms with Gasteiger partial charge in [0.25, 0.3) is 0 Å². The Labute approximate surface area is 170 Å². The number of carbonyl (C=O) groups is 1. The van der Waals surface area contributed by atoms with Crippen LogP contribution in [0.2, 0.25) is 5.02 Å². The Bertz CT molecular complexity index is 958. The van der Waals surface area contributed by atoms with Gasteiger partial charge in [-0.3, -0.25) is 4.79 Å². The van der Waals surface area contributed by atoms with E-state index in [9.17, 15) is 4.79 Å². The number of imidazole rings is 1. The number of para-hydroxylation sites is 2. The Hall–Kier alpha value is -2.53. The maximum Gasteiger partial charge on any atom is 0.216 e. The fourth-order valence-corrected chi connectivity index (χ4v) is 3.43. The van der Waals surface area contributed by atoms with Crippen LogP contribution in [-0.4, -0.2) is 28.6 Å². The minimum absolute atomic E-state index is 0.00421. The first kappa shape index (κ1) is 20.2. The van der Waals surface area contributed by atoms with Gasteiger partial charge in [0.05, 0.1) is 17.6 Å². The summed E-state index contributed by atoms with van der Waals surface area (Å²) in [5.41, 5.74) is 4.12. The van der Waals surface area contributed by atoms with E-state index in [-0.39, 0.29) is 5.91 Å². The van der Waals surface area contributed by atoms with Crippen molar-refractivity contribution in [1.29, 1.82) is 0 Å². The molecule has 0 bridgehead atoms. The van der Waals surface area contributed by atoms with Gasteiger partial charge in [0.1, 0.15) is 18.2 Å². The van der Waals surface area contributed by atoms with E-state index in [1.165, 1.54) is 6.92 Å². The summed E-state index contributed by atoms with van der Waals surface area (Å²) < 4.78 is 8.20. The van der Waals surface area contributed by atoms with Crippen LogP contribution in [0, 0.1) is 13.8 Å². The summed E-state index contributed by atoms with van der Waals surface area (Å²) in [6.07, 6.45) is 1.65. The Kier molecular flexibility index (Phi) is 6.57. The number of benzene rings is 2. The van der Waals surface area contributed by atoms with E-state index in [1.54, 1.807) is 0 Å². The van der Waals surface area contributed by atoms with Gasteiger partial charge in [-0.1, -0.05) is 23.7 Å². The lowest BCUT2D eigenvalue weighted by Crippen LogP contribution is -2.21. The lowest BCUT2D eigenvalue weighted by molar-refractivity contribution is -0.118. The molecule has 0 unspecified atom stereocenters. The molecule has 0 atom stereocenters. The number of carbonyl (C=O) groups excluding carboxylic acids is 1. The third kappa shape index (κ3) is 4.84. The maximum absolute atomic E-state index is 11.1. The molecule has 0 radical (unpaired) electrons. The van der Waals surface area contributed by atoms with Crippen molar-refractivity contribution in [3.8, 4) is 5.75 Å². The van der Waals surface area contributed by atoms with Crippen LogP contribution in [0.3, 0.4) is 0 Å². The van der Waals surface area contributed by atoms with Gasteiger partial charge < -0.3 is 14.6 Å². The molecule has 6 heteroatoms. The molecule has 28 heavy (non-hydrogen) atoms. The van der Waals surface area contributed by atoms with Crippen LogP contribution < -0.4 is 10.1 Å². The van der Waals surface area contributed by atoms with Crippen molar-refractivity contribution in [2.75, 3.05) is 13.2 Å². The second kappa shape index (κ2) is 9.11. The number of aryl methyl sites for hydroxylation is 3. The first-order valence-corrected chi connectivity index (χ1v) is 9.91. The summed E-state index contributed by atoms with van der Waals surface area (Å²) >= 11 is 6.24. The SMILES string of the molecule is CC(=O)NCCCc1nc2ccccc2n1CCOc1cc(C)c(Cl)c(C)c1. The summed E-state index contributed by atoms with van der Waals surface area (Å²) in [6, 6.07) is 12.1. The molecule has 3 aromatic rings. The standard InChI is InChI=1S/C22H26ClN3O2/c1-15-13-18(14-16(2)22(15)23)28-12-11-26-20-8-5-4-7-19(20)25-21(26)9-6-10-24-17(3)27/h4-5,7-8,13-14H,6,9-12H2,1-3H3,(H,24,27). The molecule has 0 aliphatic heterocycles. The molecule has 5 nitrogen and oxygen atoms in total. The number of hydrogen-bond donors (Lipinski definition) is 1. The number of ether oxygens (including phenoxy) is 1. The van der Waals surface area contributed by atoms with Crippen molar-refractivity contribution in [3.63, 3.8) is 0 Å². The number of fused-ring (bicyclic) bond motifs is 1. The Morgan fingerprint density at radius 1 is 1.21 bits per heavy atom. The quantitative estimate of drug-likeness (QED) is 0.569. The van der Waals surface area contributed by atoms with Crippen molar-refractivity contribution in [3.05, 3.63) is 58.4 Å². The van der Waals surface area contributed by atoms with Crippen LogP contribution in [0.25, 0.3) is 11.0 Å². The molecule has 3 rings (SSSR count). The zero-order valence-corrected chi connectivity index (χ0v) is 17.3. The first-order chi connectivity index (χ1) is 13.5. The molecule has 1 amide bonds. The highest BCUT2D eigenvalue weighted by atomic mass is 35.5. The zero-order valence-electron chi connectivity index (χ0n) is 16.6. The number of aromatic nitrogens is 2. The maximum atomic E-state index is 11.1. The van der Waals surface area contributed by atoms with Gasteiger partial charge in [-0.2, -0.15) is 0 Å². The lowest BCUT2D eigenvalue weighted by atomic mass is 10.1. The summed E-state index contributed by atoms with van der Waals surface area (Å²) in [5.74, 6) is 1.84. The molecule has 0 fully saturated rings. The third-order valence-corrected chi connectivity index (χ3v) is 5.27. The summed E-state index contributed by atoms with van der Waals surface area (Å²) in [4.78, 5) is 15.8. The number of rotatable bonds is 8. The van der Waals surface area contributed by atoms with Crippen LogP contribution >= 0.6 is 11.6 Å². The fourth-order valence-electron chi connectivity index (χ4n) is 3.32. The van der Waals surface area contributed by atoms with E-state index < -0.39 is 0 Å². The molecule has 0 spiro atoms. The number of hydrogen-bond acceptors (Lipinski definition) is 3. The zero-order chi connectivity index (χ0) is 20.1. The predicted octanol–water partition coefficient (Wildman–Crippen LogP) is 4.45. The largest absolute Gasteiger partial charge is 0.492 e. The highest BCUT2D eigenvalue weighted by molar-refractivity contribution is 6.32. The Balaban J connectivity index is 1.70. The summed E-state index contributed by atoms with van der Waals surface area (Å²) in [6.45, 7) is 7.40. The molecule has 2 aromatic carbocycles. The highest BCUT2D eigenvalue weighted by Gasteiger charge is 2.11. The molecule has 0 aliphatic rings. The van der Waals surface area contributed by atoms with Gasteiger partial charge in [0.15, 0.2) is 0 Å². The topological polar surface area (TPSA) is 56.2 Å². The van der Waals surface area contributed by atoms with E-state index in [4.69, 9.17) is 21.3 Å². The molecule has 1 aromatic heterocycles. The molecule has 1 N–H and O–H groups in total. The van der Waals surface area contributed by atoms with Gasteiger partial charge in [0.2, 0.25) is 5.91 Å². The average molecular weight is 400 g/mol. The van der Waals surface area contributed by atoms with E-state index >= 15 is 0 Å². The van der Waals surface area contributed by atoms with Crippen LogP contribution in [0.1, 0.15) is 30.3 Å². The van der Waals surface area contributed by atoms with Crippen molar-refractivity contribution < 1.29 is 9.53 Å². The molecule has 0 saturated heterocycles.